The van der Waals surface area contributed by atoms with Gasteiger partial charge in [-0.3, -0.25) is 0 Å². The van der Waals surface area contributed by atoms with E-state index in [4.69, 9.17) is 9.47 Å². The Morgan fingerprint density at radius 3 is 2.53 bits per heavy atom. The van der Waals surface area contributed by atoms with E-state index < -0.39 is 29.8 Å². The highest BCUT2D eigenvalue weighted by molar-refractivity contribution is 5.77. The average Bonchev–Trinajstić information content (AvgIpc) is 2.37. The minimum absolute atomic E-state index is 0.00984. The second-order valence-electron chi connectivity index (χ2n) is 4.24. The van der Waals surface area contributed by atoms with Crippen molar-refractivity contribution in [2.75, 3.05) is 6.61 Å². The number of halogens is 2. The molecule has 1 fully saturated rings. The molecule has 7 heteroatoms. The summed E-state index contributed by atoms with van der Waals surface area (Å²) in [5.74, 6) is -6.77. The summed E-state index contributed by atoms with van der Waals surface area (Å²) in [6.45, 7) is 3.23. The summed E-state index contributed by atoms with van der Waals surface area (Å²) in [6, 6.07) is 0. The number of alkyl halides is 2. The van der Waals surface area contributed by atoms with E-state index in [1.807, 2.05) is 0 Å². The molecule has 0 amide bonds. The van der Waals surface area contributed by atoms with E-state index >= 15 is 0 Å². The Balaban J connectivity index is 2.34. The van der Waals surface area contributed by atoms with Crippen LogP contribution in [0.4, 0.5) is 8.78 Å². The van der Waals surface area contributed by atoms with Crippen LogP contribution in [0, 0.1) is 0 Å². The Kier molecular flexibility index (Phi) is 3.71. The molecule has 0 aromatic carbocycles. The van der Waals surface area contributed by atoms with E-state index in [1.54, 1.807) is 13.8 Å². The van der Waals surface area contributed by atoms with E-state index in [0.29, 0.717) is 6.92 Å². The topological polar surface area (TPSA) is 61.8 Å². The number of rotatable bonds is 4. The number of cyclic esters (lactones) is 1. The molecule has 0 aliphatic carbocycles. The molecule has 0 N–H and O–H groups in total. The van der Waals surface area contributed by atoms with E-state index in [-0.39, 0.29) is 13.0 Å². The van der Waals surface area contributed by atoms with Crippen LogP contribution in [0.3, 0.4) is 0 Å². The van der Waals surface area contributed by atoms with Crippen LogP contribution in [-0.2, 0) is 23.8 Å². The fourth-order valence-electron chi connectivity index (χ4n) is 1.28. The molecule has 1 saturated heterocycles. The average molecular weight is 252 g/mol. The molecular weight excluding hydrogens is 238 g/mol. The minimum atomic E-state index is -3.53. The first-order chi connectivity index (χ1) is 7.62. The van der Waals surface area contributed by atoms with Crippen molar-refractivity contribution in [1.29, 1.82) is 0 Å². The molecule has 1 atom stereocenters. The largest absolute Gasteiger partial charge is 0.461 e. The van der Waals surface area contributed by atoms with Crippen molar-refractivity contribution in [3.63, 3.8) is 0 Å². The minimum Gasteiger partial charge on any atom is -0.461 e. The molecule has 0 bridgehead atoms. The molecule has 0 aromatic rings. The molecule has 0 spiro atoms. The van der Waals surface area contributed by atoms with Crippen LogP contribution in [-0.4, -0.2) is 36.4 Å². The third-order valence-corrected chi connectivity index (χ3v) is 2.01. The maximum atomic E-state index is 12.4. The first kappa shape index (κ1) is 13.8. The number of esters is 2. The lowest BCUT2D eigenvalue weighted by Gasteiger charge is -2.15. The third kappa shape index (κ3) is 3.92. The van der Waals surface area contributed by atoms with Gasteiger partial charge in [0.05, 0.1) is 6.61 Å². The maximum Gasteiger partial charge on any atom is 0.376 e. The van der Waals surface area contributed by atoms with Gasteiger partial charge in [0.25, 0.3) is 0 Å². The summed E-state index contributed by atoms with van der Waals surface area (Å²) >= 11 is 0. The highest BCUT2D eigenvalue weighted by atomic mass is 19.3. The number of ether oxygens (including phenoxy) is 3. The van der Waals surface area contributed by atoms with Gasteiger partial charge in [-0.2, -0.15) is 8.78 Å². The Morgan fingerprint density at radius 1 is 1.53 bits per heavy atom. The van der Waals surface area contributed by atoms with Crippen molar-refractivity contribution in [3.8, 4) is 0 Å². The highest BCUT2D eigenvalue weighted by Crippen LogP contribution is 2.25. The maximum absolute atomic E-state index is 12.4. The lowest BCUT2D eigenvalue weighted by Crippen LogP contribution is -2.29. The predicted octanol–water partition coefficient (Wildman–Crippen LogP) is 1.25. The molecule has 17 heavy (non-hydrogen) atoms. The Labute approximate surface area is 97.0 Å². The van der Waals surface area contributed by atoms with Crippen LogP contribution < -0.4 is 0 Å². The van der Waals surface area contributed by atoms with E-state index in [2.05, 4.69) is 4.74 Å². The summed E-state index contributed by atoms with van der Waals surface area (Å²) in [5.41, 5.74) is 0. The van der Waals surface area contributed by atoms with Gasteiger partial charge in [-0.25, -0.2) is 9.59 Å². The van der Waals surface area contributed by atoms with Crippen LogP contribution in [0.2, 0.25) is 0 Å². The van der Waals surface area contributed by atoms with E-state index in [1.165, 1.54) is 0 Å². The van der Waals surface area contributed by atoms with Gasteiger partial charge in [0.15, 0.2) is 6.10 Å². The van der Waals surface area contributed by atoms with Crippen LogP contribution in [0.5, 0.6) is 0 Å². The molecule has 0 aromatic heterocycles. The summed E-state index contributed by atoms with van der Waals surface area (Å²) < 4.78 is 39.2. The lowest BCUT2D eigenvalue weighted by atomic mass is 10.3. The zero-order valence-electron chi connectivity index (χ0n) is 9.79. The molecule has 98 valence electrons. The summed E-state index contributed by atoms with van der Waals surface area (Å²) in [5, 5.41) is 0. The Hall–Kier alpha value is -1.24. The molecule has 1 heterocycles. The summed E-state index contributed by atoms with van der Waals surface area (Å²) in [4.78, 5) is 21.9. The molecule has 5 nitrogen and oxygen atoms in total. The normalized spacial score (nSPS) is 23.4. The van der Waals surface area contributed by atoms with Gasteiger partial charge in [-0.1, -0.05) is 0 Å². The van der Waals surface area contributed by atoms with Crippen molar-refractivity contribution >= 4 is 11.9 Å². The van der Waals surface area contributed by atoms with Crippen molar-refractivity contribution in [2.24, 2.45) is 0 Å². The second-order valence-corrected chi connectivity index (χ2v) is 4.24. The fraction of sp³-hybridized carbons (Fsp3) is 0.800. The van der Waals surface area contributed by atoms with Gasteiger partial charge in [0.1, 0.15) is 0 Å². The monoisotopic (exact) mass is 252 g/mol. The van der Waals surface area contributed by atoms with Crippen LogP contribution in [0.15, 0.2) is 0 Å². The van der Waals surface area contributed by atoms with Crippen LogP contribution in [0.1, 0.15) is 27.2 Å². The predicted molar refractivity (Wildman–Crippen MR) is 51.2 cm³/mol. The van der Waals surface area contributed by atoms with Crippen molar-refractivity contribution < 1.29 is 32.6 Å². The molecule has 1 aliphatic rings. The van der Waals surface area contributed by atoms with Gasteiger partial charge in [0, 0.05) is 27.2 Å². The molecule has 0 radical (unpaired) electrons. The molecular formula is C10H14F2O5. The number of carbonyl (C=O) groups excluding carboxylic acids is 2. The Bertz CT molecular complexity index is 321. The smallest absolute Gasteiger partial charge is 0.376 e. The molecule has 0 saturated carbocycles. The zero-order valence-corrected chi connectivity index (χ0v) is 9.79. The zero-order chi connectivity index (χ0) is 13.3. The number of hydrogen-bond acceptors (Lipinski definition) is 5. The first-order valence-electron chi connectivity index (χ1n) is 5.07. The second kappa shape index (κ2) is 4.56. The number of hydrogen-bond donors (Lipinski definition) is 0. The van der Waals surface area contributed by atoms with Gasteiger partial charge in [-0.05, 0) is 0 Å². The van der Waals surface area contributed by atoms with Gasteiger partial charge in [0.2, 0.25) is 5.79 Å². The highest BCUT2D eigenvalue weighted by Gasteiger charge is 2.41. The van der Waals surface area contributed by atoms with Crippen LogP contribution in [0.25, 0.3) is 0 Å². The Morgan fingerprint density at radius 2 is 2.12 bits per heavy atom. The van der Waals surface area contributed by atoms with Crippen molar-refractivity contribution in [1.82, 2.24) is 0 Å². The third-order valence-electron chi connectivity index (χ3n) is 2.01. The van der Waals surface area contributed by atoms with Gasteiger partial charge in [-0.15, -0.1) is 0 Å². The number of carbonyl (C=O) groups is 2. The summed E-state index contributed by atoms with van der Waals surface area (Å²) in [6.07, 6.45) is -0.896. The quantitative estimate of drug-likeness (QED) is 0.705. The summed E-state index contributed by atoms with van der Waals surface area (Å²) in [7, 11) is 0. The standard InChI is InChI=1S/C10H14F2O5/c1-9(2)16-6(7(13)17-9)4-5-15-8(14)10(3,11)12/h6H,4-5H2,1-3H3. The van der Waals surface area contributed by atoms with Gasteiger partial charge < -0.3 is 14.2 Å². The van der Waals surface area contributed by atoms with E-state index in [9.17, 15) is 18.4 Å². The van der Waals surface area contributed by atoms with Crippen molar-refractivity contribution in [2.45, 2.75) is 45.0 Å². The van der Waals surface area contributed by atoms with Crippen LogP contribution >= 0.6 is 0 Å². The lowest BCUT2D eigenvalue weighted by molar-refractivity contribution is -0.170. The van der Waals surface area contributed by atoms with Crippen molar-refractivity contribution in [3.05, 3.63) is 0 Å². The first-order valence-corrected chi connectivity index (χ1v) is 5.07. The SMILES string of the molecule is CC1(C)OC(=O)C(CCOC(=O)C(C)(F)F)O1. The van der Waals surface area contributed by atoms with Gasteiger partial charge >= 0.3 is 17.9 Å². The fourth-order valence-corrected chi connectivity index (χ4v) is 1.28. The molecule has 1 unspecified atom stereocenters. The molecule has 1 aliphatic heterocycles. The van der Waals surface area contributed by atoms with E-state index in [0.717, 1.165) is 0 Å². The molecule has 1 rings (SSSR count).